The average molecular weight is 272 g/mol. The number of hydrogen-bond donors (Lipinski definition) is 0. The van der Waals surface area contributed by atoms with E-state index in [1.165, 1.54) is 27.8 Å². The van der Waals surface area contributed by atoms with Crippen molar-refractivity contribution in [1.82, 2.24) is 0 Å². The van der Waals surface area contributed by atoms with Gasteiger partial charge in [-0.15, -0.1) is 0 Å². The Hall–Kier alpha value is -2.34. The third-order valence-corrected chi connectivity index (χ3v) is 3.84. The van der Waals surface area contributed by atoms with Gasteiger partial charge in [-0.05, 0) is 42.0 Å². The molecule has 0 bridgehead atoms. The summed E-state index contributed by atoms with van der Waals surface area (Å²) in [5.74, 6) is 0. The molecule has 0 amide bonds. The second-order valence-corrected chi connectivity index (χ2v) is 5.57. The van der Waals surface area contributed by atoms with Crippen LogP contribution in [0.15, 0.2) is 84.5 Å². The summed E-state index contributed by atoms with van der Waals surface area (Å²) in [4.78, 5) is 0. The molecule has 1 aliphatic carbocycles. The molecule has 0 aliphatic heterocycles. The highest BCUT2D eigenvalue weighted by Gasteiger charge is 2.03. The molecule has 0 heterocycles. The summed E-state index contributed by atoms with van der Waals surface area (Å²) in [5.41, 5.74) is 6.74. The van der Waals surface area contributed by atoms with Crippen LogP contribution in [0.1, 0.15) is 23.1 Å². The fourth-order valence-corrected chi connectivity index (χ4v) is 2.60. The van der Waals surface area contributed by atoms with Crippen LogP contribution in [0.5, 0.6) is 0 Å². The molecular weight excluding hydrogens is 252 g/mol. The zero-order valence-electron chi connectivity index (χ0n) is 12.4. The van der Waals surface area contributed by atoms with Crippen LogP contribution in [0.3, 0.4) is 0 Å². The molecule has 0 saturated heterocycles. The first kappa shape index (κ1) is 13.6. The van der Waals surface area contributed by atoms with Crippen LogP contribution in [0.4, 0.5) is 0 Å². The molecule has 104 valence electrons. The second-order valence-electron chi connectivity index (χ2n) is 5.57. The van der Waals surface area contributed by atoms with Crippen molar-refractivity contribution in [1.29, 1.82) is 0 Å². The van der Waals surface area contributed by atoms with E-state index in [9.17, 15) is 0 Å². The third-order valence-electron chi connectivity index (χ3n) is 3.84. The van der Waals surface area contributed by atoms with Crippen LogP contribution in [-0.4, -0.2) is 0 Å². The Bertz CT molecular complexity index is 683. The maximum absolute atomic E-state index is 2.27. The van der Waals surface area contributed by atoms with E-state index in [-0.39, 0.29) is 0 Å². The standard InChI is InChI=1S/C21H20/c1-17-10-13-21(14-11-17)20-9-5-8-19(12-15-20)16-18-6-3-2-4-7-18/h2-8,10-15H,9,16H2,1H3. The van der Waals surface area contributed by atoms with E-state index in [1.807, 2.05) is 0 Å². The molecule has 0 heteroatoms. The first-order valence-electron chi connectivity index (χ1n) is 7.48. The molecule has 2 aromatic rings. The Labute approximate surface area is 127 Å². The molecule has 0 N–H and O–H groups in total. The molecule has 0 aromatic heterocycles. The van der Waals surface area contributed by atoms with E-state index < -0.39 is 0 Å². The van der Waals surface area contributed by atoms with Gasteiger partial charge in [-0.25, -0.2) is 0 Å². The minimum absolute atomic E-state index is 0.995. The Morgan fingerprint density at radius 3 is 2.38 bits per heavy atom. The van der Waals surface area contributed by atoms with Crippen molar-refractivity contribution in [2.45, 2.75) is 19.8 Å². The highest BCUT2D eigenvalue weighted by molar-refractivity contribution is 5.69. The zero-order chi connectivity index (χ0) is 14.5. The predicted octanol–water partition coefficient (Wildman–Crippen LogP) is 5.51. The van der Waals surface area contributed by atoms with Crippen molar-refractivity contribution in [2.24, 2.45) is 0 Å². The minimum Gasteiger partial charge on any atom is -0.0798 e. The number of hydrogen-bond acceptors (Lipinski definition) is 0. The molecule has 0 unspecified atom stereocenters. The lowest BCUT2D eigenvalue weighted by molar-refractivity contribution is 1.20. The summed E-state index contributed by atoms with van der Waals surface area (Å²) < 4.78 is 0. The monoisotopic (exact) mass is 272 g/mol. The van der Waals surface area contributed by atoms with Crippen molar-refractivity contribution < 1.29 is 0 Å². The molecule has 21 heavy (non-hydrogen) atoms. The molecule has 3 rings (SSSR count). The van der Waals surface area contributed by atoms with E-state index in [0.717, 1.165) is 12.8 Å². The average Bonchev–Trinajstić information content (AvgIpc) is 2.75. The fraction of sp³-hybridized carbons (Fsp3) is 0.143. The van der Waals surface area contributed by atoms with Gasteiger partial charge in [0.1, 0.15) is 0 Å². The van der Waals surface area contributed by atoms with Gasteiger partial charge in [-0.3, -0.25) is 0 Å². The molecule has 2 aromatic carbocycles. The molecule has 0 spiro atoms. The number of benzene rings is 2. The normalized spacial score (nSPS) is 14.3. The van der Waals surface area contributed by atoms with E-state index in [1.54, 1.807) is 0 Å². The summed E-state index contributed by atoms with van der Waals surface area (Å²) in [6.45, 7) is 2.13. The lowest BCUT2D eigenvalue weighted by atomic mass is 10.0. The Balaban J connectivity index is 1.81. The van der Waals surface area contributed by atoms with Gasteiger partial charge in [0.05, 0.1) is 0 Å². The van der Waals surface area contributed by atoms with Gasteiger partial charge in [-0.1, -0.05) is 84.5 Å². The molecule has 1 aliphatic rings. The van der Waals surface area contributed by atoms with E-state index in [0.29, 0.717) is 0 Å². The summed E-state index contributed by atoms with van der Waals surface area (Å²) in [6.07, 6.45) is 11.0. The van der Waals surface area contributed by atoms with E-state index in [4.69, 9.17) is 0 Å². The van der Waals surface area contributed by atoms with Gasteiger partial charge in [-0.2, -0.15) is 0 Å². The van der Waals surface area contributed by atoms with Crippen molar-refractivity contribution >= 4 is 5.57 Å². The fourth-order valence-electron chi connectivity index (χ4n) is 2.60. The van der Waals surface area contributed by atoms with Gasteiger partial charge in [0, 0.05) is 0 Å². The largest absolute Gasteiger partial charge is 0.0798 e. The van der Waals surface area contributed by atoms with Crippen LogP contribution in [0, 0.1) is 6.92 Å². The van der Waals surface area contributed by atoms with E-state index in [2.05, 4.69) is 85.8 Å². The smallest absolute Gasteiger partial charge is 0.00259 e. The quantitative estimate of drug-likeness (QED) is 0.691. The lowest BCUT2D eigenvalue weighted by Crippen LogP contribution is -1.86. The first-order chi connectivity index (χ1) is 10.3. The topological polar surface area (TPSA) is 0 Å². The van der Waals surface area contributed by atoms with Crippen LogP contribution in [-0.2, 0) is 6.42 Å². The number of allylic oxidation sites excluding steroid dienone is 6. The third kappa shape index (κ3) is 3.61. The highest BCUT2D eigenvalue weighted by atomic mass is 14.1. The van der Waals surface area contributed by atoms with Crippen LogP contribution in [0.2, 0.25) is 0 Å². The maximum atomic E-state index is 2.27. The zero-order valence-corrected chi connectivity index (χ0v) is 12.4. The van der Waals surface area contributed by atoms with Crippen molar-refractivity contribution in [3.05, 3.63) is 101 Å². The number of aryl methyl sites for hydroxylation is 1. The molecule has 0 saturated carbocycles. The van der Waals surface area contributed by atoms with Crippen LogP contribution < -0.4 is 0 Å². The molecule has 0 nitrogen and oxygen atoms in total. The van der Waals surface area contributed by atoms with Crippen molar-refractivity contribution in [3.63, 3.8) is 0 Å². The Kier molecular flexibility index (Phi) is 4.16. The molecule has 0 radical (unpaired) electrons. The predicted molar refractivity (Wildman–Crippen MR) is 91.1 cm³/mol. The van der Waals surface area contributed by atoms with Gasteiger partial charge in [0.15, 0.2) is 0 Å². The Morgan fingerprint density at radius 2 is 1.62 bits per heavy atom. The van der Waals surface area contributed by atoms with Gasteiger partial charge < -0.3 is 0 Å². The Morgan fingerprint density at radius 1 is 0.857 bits per heavy atom. The van der Waals surface area contributed by atoms with Crippen molar-refractivity contribution in [3.8, 4) is 0 Å². The van der Waals surface area contributed by atoms with Gasteiger partial charge in [0.2, 0.25) is 0 Å². The first-order valence-corrected chi connectivity index (χ1v) is 7.48. The lowest BCUT2D eigenvalue weighted by Gasteiger charge is -2.04. The molecule has 0 atom stereocenters. The molecule has 0 fully saturated rings. The minimum atomic E-state index is 0.995. The second kappa shape index (κ2) is 6.41. The van der Waals surface area contributed by atoms with Gasteiger partial charge in [0.25, 0.3) is 0 Å². The highest BCUT2D eigenvalue weighted by Crippen LogP contribution is 2.23. The van der Waals surface area contributed by atoms with E-state index >= 15 is 0 Å². The number of rotatable bonds is 3. The molecular formula is C21H20. The summed E-state index contributed by atoms with van der Waals surface area (Å²) in [6, 6.07) is 19.4. The van der Waals surface area contributed by atoms with Crippen LogP contribution in [0.25, 0.3) is 5.57 Å². The van der Waals surface area contributed by atoms with Crippen molar-refractivity contribution in [2.75, 3.05) is 0 Å². The summed E-state index contributed by atoms with van der Waals surface area (Å²) in [5, 5.41) is 0. The van der Waals surface area contributed by atoms with Gasteiger partial charge >= 0.3 is 0 Å². The van der Waals surface area contributed by atoms with Crippen LogP contribution >= 0.6 is 0 Å². The maximum Gasteiger partial charge on any atom is -0.00259 e. The summed E-state index contributed by atoms with van der Waals surface area (Å²) >= 11 is 0. The summed E-state index contributed by atoms with van der Waals surface area (Å²) in [7, 11) is 0. The SMILES string of the molecule is Cc1ccc(C2=CC=C(Cc3ccccc3)C=CC2)cc1.